The number of aliphatic hydroxyl groups is 1. The van der Waals surface area contributed by atoms with Crippen LogP contribution in [0.5, 0.6) is 5.88 Å². The minimum absolute atomic E-state index is 0.121. The molecule has 1 aromatic heterocycles. The molecule has 0 spiro atoms. The van der Waals surface area contributed by atoms with Gasteiger partial charge in [-0.1, -0.05) is 6.07 Å². The predicted molar refractivity (Wildman–Crippen MR) is 88.6 cm³/mol. The average molecular weight is 354 g/mol. The summed E-state index contributed by atoms with van der Waals surface area (Å²) in [5.41, 5.74) is 0.707. The van der Waals surface area contributed by atoms with Crippen LogP contribution in [-0.4, -0.2) is 27.4 Å². The van der Waals surface area contributed by atoms with Crippen molar-refractivity contribution in [3.05, 3.63) is 50.8 Å². The lowest BCUT2D eigenvalue weighted by Gasteiger charge is -2.11. The lowest BCUT2D eigenvalue weighted by Crippen LogP contribution is -2.23. The molecule has 26 heavy (non-hydrogen) atoms. The fourth-order valence-electron chi connectivity index (χ4n) is 2.64. The Hall–Kier alpha value is -3.51. The van der Waals surface area contributed by atoms with Crippen molar-refractivity contribution in [3.8, 4) is 11.9 Å². The molecule has 0 atom stereocenters. The zero-order chi connectivity index (χ0) is 18.8. The molecular weight excluding hydrogens is 340 g/mol. The van der Waals surface area contributed by atoms with Gasteiger partial charge in [0.2, 0.25) is 5.88 Å². The first-order valence-corrected chi connectivity index (χ1v) is 7.67. The third kappa shape index (κ3) is 2.82. The number of ether oxygens (including phenoxy) is 1. The first-order valence-electron chi connectivity index (χ1n) is 7.67. The molecule has 0 saturated heterocycles. The van der Waals surface area contributed by atoms with Gasteiger partial charge in [-0.2, -0.15) is 10.4 Å². The third-order valence-corrected chi connectivity index (χ3v) is 4.03. The van der Waals surface area contributed by atoms with E-state index in [1.807, 2.05) is 6.07 Å². The Kier molecular flexibility index (Phi) is 4.51. The van der Waals surface area contributed by atoms with E-state index < -0.39 is 24.0 Å². The number of rotatable bonds is 4. The molecule has 1 aliphatic heterocycles. The van der Waals surface area contributed by atoms with Gasteiger partial charge in [0.15, 0.2) is 5.69 Å². The van der Waals surface area contributed by atoms with E-state index in [1.54, 1.807) is 12.1 Å². The second-order valence-electron chi connectivity index (χ2n) is 5.58. The van der Waals surface area contributed by atoms with Gasteiger partial charge in [-0.05, 0) is 19.1 Å². The summed E-state index contributed by atoms with van der Waals surface area (Å²) in [4.78, 5) is 24.1. The number of cyclic esters (lactones) is 1. The van der Waals surface area contributed by atoms with E-state index in [9.17, 15) is 20.0 Å². The summed E-state index contributed by atoms with van der Waals surface area (Å²) in [6.45, 7) is 1.09. The molecule has 3 rings (SSSR count). The van der Waals surface area contributed by atoms with Crippen molar-refractivity contribution in [2.45, 2.75) is 20.1 Å². The van der Waals surface area contributed by atoms with Crippen LogP contribution in [0.1, 0.15) is 27.0 Å². The van der Waals surface area contributed by atoms with Crippen molar-refractivity contribution < 1.29 is 19.7 Å². The summed E-state index contributed by atoms with van der Waals surface area (Å²) >= 11 is 0. The number of azo groups is 1. The van der Waals surface area contributed by atoms with E-state index in [1.165, 1.54) is 13.0 Å². The molecule has 9 heteroatoms. The average Bonchev–Trinajstić information content (AvgIpc) is 3.00. The highest BCUT2D eigenvalue weighted by Gasteiger charge is 2.21. The van der Waals surface area contributed by atoms with Gasteiger partial charge in [-0.25, -0.2) is 4.79 Å². The van der Waals surface area contributed by atoms with Crippen LogP contribution in [0.3, 0.4) is 0 Å². The zero-order valence-electron chi connectivity index (χ0n) is 13.8. The van der Waals surface area contributed by atoms with Crippen molar-refractivity contribution in [2.75, 3.05) is 6.61 Å². The fraction of sp³-hybridized carbons (Fsp3) is 0.235. The van der Waals surface area contributed by atoms with Crippen LogP contribution in [0, 0.1) is 18.3 Å². The van der Waals surface area contributed by atoms with Crippen LogP contribution in [0.25, 0.3) is 0 Å². The maximum Gasteiger partial charge on any atom is 0.338 e. The molecule has 0 unspecified atom stereocenters. The molecule has 0 radical (unpaired) electrons. The Morgan fingerprint density at radius 3 is 2.81 bits per heavy atom. The number of aliphatic hydroxyl groups excluding tert-OH is 1. The minimum atomic E-state index is -0.683. The molecule has 0 fully saturated rings. The Morgan fingerprint density at radius 1 is 1.35 bits per heavy atom. The van der Waals surface area contributed by atoms with Crippen molar-refractivity contribution in [1.82, 2.24) is 4.57 Å². The number of carbonyl (C=O) groups excluding carboxylic acids is 1. The molecule has 9 nitrogen and oxygen atoms in total. The van der Waals surface area contributed by atoms with Crippen LogP contribution < -0.4 is 5.56 Å². The summed E-state index contributed by atoms with van der Waals surface area (Å²) in [5, 5.41) is 36.2. The number of carbonyl (C=O) groups is 1. The Morgan fingerprint density at radius 2 is 2.12 bits per heavy atom. The zero-order valence-corrected chi connectivity index (χ0v) is 13.8. The number of fused-ring (bicyclic) bond motifs is 1. The number of esters is 1. The number of aromatic hydroxyl groups is 1. The minimum Gasteiger partial charge on any atom is -0.493 e. The molecule has 2 N–H and O–H groups in total. The van der Waals surface area contributed by atoms with E-state index in [2.05, 4.69) is 10.2 Å². The van der Waals surface area contributed by atoms with Crippen molar-refractivity contribution in [2.24, 2.45) is 10.2 Å². The molecule has 0 bridgehead atoms. The molecule has 0 amide bonds. The fourth-order valence-corrected chi connectivity index (χ4v) is 2.64. The smallest absolute Gasteiger partial charge is 0.338 e. The number of nitrogens with zero attached hydrogens (tertiary/aromatic N) is 4. The number of aromatic nitrogens is 1. The van der Waals surface area contributed by atoms with Crippen LogP contribution in [0.15, 0.2) is 33.2 Å². The van der Waals surface area contributed by atoms with Crippen molar-refractivity contribution >= 4 is 17.3 Å². The molecule has 132 valence electrons. The highest BCUT2D eigenvalue weighted by atomic mass is 16.5. The second-order valence-corrected chi connectivity index (χ2v) is 5.58. The van der Waals surface area contributed by atoms with Gasteiger partial charge < -0.3 is 14.9 Å². The molecule has 0 saturated carbocycles. The third-order valence-electron chi connectivity index (χ3n) is 4.03. The van der Waals surface area contributed by atoms with Gasteiger partial charge in [0.25, 0.3) is 5.56 Å². The summed E-state index contributed by atoms with van der Waals surface area (Å²) in [6.07, 6.45) is 0. The topological polar surface area (TPSA) is 137 Å². The highest BCUT2D eigenvalue weighted by molar-refractivity contribution is 5.94. The van der Waals surface area contributed by atoms with E-state index in [-0.39, 0.29) is 30.0 Å². The Balaban J connectivity index is 2.08. The molecule has 1 aromatic carbocycles. The van der Waals surface area contributed by atoms with Crippen LogP contribution in [0.2, 0.25) is 0 Å². The van der Waals surface area contributed by atoms with E-state index >= 15 is 0 Å². The van der Waals surface area contributed by atoms with E-state index in [0.717, 1.165) is 10.1 Å². The summed E-state index contributed by atoms with van der Waals surface area (Å²) < 4.78 is 5.77. The Bertz CT molecular complexity index is 1030. The van der Waals surface area contributed by atoms with Crippen molar-refractivity contribution in [3.63, 3.8) is 0 Å². The monoisotopic (exact) mass is 354 g/mol. The normalized spacial score (nSPS) is 12.9. The maximum atomic E-state index is 12.5. The molecule has 0 aliphatic carbocycles. The molecular formula is C17H14N4O5. The SMILES string of the molecule is Cc1c(C#N)c(O)n(CCO)c(=O)c1N=Nc1ccc2c(c1)C(=O)OC2. The summed E-state index contributed by atoms with van der Waals surface area (Å²) in [6, 6.07) is 6.62. The quantitative estimate of drug-likeness (QED) is 0.634. The molecule has 1 aliphatic rings. The molecule has 2 heterocycles. The number of nitriles is 1. The van der Waals surface area contributed by atoms with Crippen LogP contribution in [-0.2, 0) is 17.9 Å². The first-order chi connectivity index (χ1) is 12.5. The number of benzene rings is 1. The Labute approximate surface area is 147 Å². The van der Waals surface area contributed by atoms with Crippen LogP contribution >= 0.6 is 0 Å². The van der Waals surface area contributed by atoms with Gasteiger partial charge in [-0.15, -0.1) is 5.11 Å². The predicted octanol–water partition coefficient (Wildman–Crippen LogP) is 1.81. The number of pyridine rings is 1. The lowest BCUT2D eigenvalue weighted by atomic mass is 10.1. The lowest BCUT2D eigenvalue weighted by molar-refractivity contribution is 0.0535. The summed E-state index contributed by atoms with van der Waals surface area (Å²) in [5.74, 6) is -0.974. The largest absolute Gasteiger partial charge is 0.493 e. The number of hydrogen-bond donors (Lipinski definition) is 2. The van der Waals surface area contributed by atoms with Gasteiger partial charge in [0, 0.05) is 11.1 Å². The standard InChI is InChI=1S/C17H14N4O5/c1-9-13(7-18)15(23)21(4-5-22)16(24)14(9)20-19-11-3-2-10-8-26-17(25)12(10)6-11/h2-3,6,22-23H,4-5,8H2,1H3. The second kappa shape index (κ2) is 6.78. The van der Waals surface area contributed by atoms with Crippen molar-refractivity contribution in [1.29, 1.82) is 5.26 Å². The van der Waals surface area contributed by atoms with Gasteiger partial charge in [-0.3, -0.25) is 9.36 Å². The number of hydrogen-bond acceptors (Lipinski definition) is 8. The maximum absolute atomic E-state index is 12.5. The van der Waals surface area contributed by atoms with E-state index in [0.29, 0.717) is 11.3 Å². The van der Waals surface area contributed by atoms with Gasteiger partial charge in [0.1, 0.15) is 18.2 Å². The van der Waals surface area contributed by atoms with E-state index in [4.69, 9.17) is 9.84 Å². The van der Waals surface area contributed by atoms with Gasteiger partial charge in [0.05, 0.1) is 24.4 Å². The first kappa shape index (κ1) is 17.3. The summed E-state index contributed by atoms with van der Waals surface area (Å²) in [7, 11) is 0. The van der Waals surface area contributed by atoms with Crippen LogP contribution in [0.4, 0.5) is 11.4 Å². The highest BCUT2D eigenvalue weighted by Crippen LogP contribution is 2.28. The molecule has 2 aromatic rings. The van der Waals surface area contributed by atoms with Gasteiger partial charge >= 0.3 is 5.97 Å².